The van der Waals surface area contributed by atoms with Crippen LogP contribution >= 0.6 is 11.3 Å². The number of carbonyl (C=O) groups excluding carboxylic acids is 1. The van der Waals surface area contributed by atoms with E-state index in [-0.39, 0.29) is 17.0 Å². The number of hydrogen-bond acceptors (Lipinski definition) is 7. The lowest BCUT2D eigenvalue weighted by Gasteiger charge is -2.20. The van der Waals surface area contributed by atoms with Crippen LogP contribution in [0, 0.1) is 22.7 Å². The van der Waals surface area contributed by atoms with Gasteiger partial charge in [0.2, 0.25) is 5.13 Å². The summed E-state index contributed by atoms with van der Waals surface area (Å²) in [5.41, 5.74) is -2.42. The van der Waals surface area contributed by atoms with Crippen molar-refractivity contribution in [2.24, 2.45) is 0 Å². The first-order valence-corrected chi connectivity index (χ1v) is 9.99. The van der Waals surface area contributed by atoms with Crippen molar-refractivity contribution in [3.8, 4) is 17.3 Å². The largest absolute Gasteiger partial charge is 0.416 e. The molecular formula is C20H16F3N7OS. The third-order valence-electron chi connectivity index (χ3n) is 4.62. The highest BCUT2D eigenvalue weighted by molar-refractivity contribution is 7.14. The summed E-state index contributed by atoms with van der Waals surface area (Å²) >= 11 is 1.07. The quantitative estimate of drug-likeness (QED) is 0.618. The zero-order valence-corrected chi connectivity index (χ0v) is 17.9. The molecule has 0 spiro atoms. The molecule has 164 valence electrons. The molecule has 1 N–H and O–H groups in total. The second-order valence-electron chi connectivity index (χ2n) is 7.38. The Balaban J connectivity index is 1.93. The lowest BCUT2D eigenvalue weighted by Crippen LogP contribution is -2.29. The standard InChI is InChI=1S/C20H16F3N7OS/c1-11(16-27-10-28-30(16)18-26-8-15(7-24)32-18)29-17(31)12-4-13(19(2,3)9-25)6-14(5-12)20(21,22)23/h4-6,8,10-11H,1-3H3,(H,29,31)/t11-/m0/s1. The average molecular weight is 459 g/mol. The molecule has 0 aliphatic carbocycles. The van der Waals surface area contributed by atoms with Crippen LogP contribution in [-0.2, 0) is 11.6 Å². The molecule has 8 nitrogen and oxygen atoms in total. The van der Waals surface area contributed by atoms with Crippen molar-refractivity contribution in [1.82, 2.24) is 25.1 Å². The Labute approximate surface area is 185 Å². The number of carbonyl (C=O) groups is 1. The van der Waals surface area contributed by atoms with E-state index < -0.39 is 29.1 Å². The van der Waals surface area contributed by atoms with Crippen molar-refractivity contribution in [2.75, 3.05) is 0 Å². The molecule has 1 amide bonds. The highest BCUT2D eigenvalue weighted by Gasteiger charge is 2.34. The summed E-state index contributed by atoms with van der Waals surface area (Å²) in [6.45, 7) is 4.53. The number of thiazole rings is 1. The molecule has 0 fully saturated rings. The smallest absolute Gasteiger partial charge is 0.342 e. The zero-order chi connectivity index (χ0) is 23.7. The van der Waals surface area contributed by atoms with Crippen molar-refractivity contribution < 1.29 is 18.0 Å². The van der Waals surface area contributed by atoms with Crippen LogP contribution in [0.15, 0.2) is 30.7 Å². The van der Waals surface area contributed by atoms with E-state index >= 15 is 0 Å². The van der Waals surface area contributed by atoms with Gasteiger partial charge in [0.1, 0.15) is 17.3 Å². The predicted molar refractivity (Wildman–Crippen MR) is 108 cm³/mol. The van der Waals surface area contributed by atoms with Crippen LogP contribution in [0.25, 0.3) is 5.13 Å². The summed E-state index contributed by atoms with van der Waals surface area (Å²) in [7, 11) is 0. The third-order valence-corrected chi connectivity index (χ3v) is 5.50. The summed E-state index contributed by atoms with van der Waals surface area (Å²) in [6.07, 6.45) is -2.08. The van der Waals surface area contributed by atoms with Crippen LogP contribution in [0.5, 0.6) is 0 Å². The minimum Gasteiger partial charge on any atom is -0.342 e. The number of halogens is 3. The minimum absolute atomic E-state index is 0.0719. The molecule has 0 bridgehead atoms. The number of nitrogens with one attached hydrogen (secondary N) is 1. The van der Waals surface area contributed by atoms with Crippen molar-refractivity contribution in [1.29, 1.82) is 10.5 Å². The van der Waals surface area contributed by atoms with Crippen LogP contribution in [0.3, 0.4) is 0 Å². The molecule has 1 aromatic carbocycles. The van der Waals surface area contributed by atoms with Crippen molar-refractivity contribution in [3.63, 3.8) is 0 Å². The topological polar surface area (TPSA) is 120 Å². The molecule has 3 aromatic rings. The summed E-state index contributed by atoms with van der Waals surface area (Å²) in [5.74, 6) is -0.494. The van der Waals surface area contributed by atoms with E-state index in [4.69, 9.17) is 5.26 Å². The van der Waals surface area contributed by atoms with Gasteiger partial charge < -0.3 is 5.32 Å². The lowest BCUT2D eigenvalue weighted by molar-refractivity contribution is -0.137. The van der Waals surface area contributed by atoms with Crippen LogP contribution in [0.1, 0.15) is 59.0 Å². The first-order chi connectivity index (χ1) is 15.0. The van der Waals surface area contributed by atoms with Crippen molar-refractivity contribution in [3.05, 3.63) is 58.1 Å². The molecule has 2 heterocycles. The molecule has 0 saturated heterocycles. The van der Waals surface area contributed by atoms with Gasteiger partial charge in [-0.05, 0) is 44.5 Å². The number of nitriles is 2. The normalized spacial score (nSPS) is 12.6. The fraction of sp³-hybridized carbons (Fsp3) is 0.300. The third kappa shape index (κ3) is 4.60. The van der Waals surface area contributed by atoms with Gasteiger partial charge in [-0.2, -0.15) is 33.5 Å². The summed E-state index contributed by atoms with van der Waals surface area (Å²) < 4.78 is 41.5. The van der Waals surface area contributed by atoms with Gasteiger partial charge in [0.25, 0.3) is 5.91 Å². The number of aromatic nitrogens is 4. The second kappa shape index (κ2) is 8.40. The van der Waals surface area contributed by atoms with E-state index in [1.165, 1.54) is 37.1 Å². The Bertz CT molecular complexity index is 1250. The number of nitrogens with zero attached hydrogens (tertiary/aromatic N) is 6. The summed E-state index contributed by atoms with van der Waals surface area (Å²) in [6, 6.07) is 6.04. The molecule has 1 atom stereocenters. The maximum Gasteiger partial charge on any atom is 0.416 e. The van der Waals surface area contributed by atoms with Crippen molar-refractivity contribution >= 4 is 17.2 Å². The summed E-state index contributed by atoms with van der Waals surface area (Å²) in [5, 5.41) is 25.3. The van der Waals surface area contributed by atoms with Gasteiger partial charge in [0.05, 0.1) is 29.3 Å². The predicted octanol–water partition coefficient (Wildman–Crippen LogP) is 3.91. The van der Waals surface area contributed by atoms with Gasteiger partial charge in [-0.3, -0.25) is 4.79 Å². The fourth-order valence-corrected chi connectivity index (χ4v) is 3.48. The molecule has 0 saturated carbocycles. The molecular weight excluding hydrogens is 443 g/mol. The molecule has 32 heavy (non-hydrogen) atoms. The van der Waals surface area contributed by atoms with Crippen molar-refractivity contribution in [2.45, 2.75) is 38.4 Å². The van der Waals surface area contributed by atoms with E-state index in [0.717, 1.165) is 23.5 Å². The fourth-order valence-electron chi connectivity index (χ4n) is 2.80. The first-order valence-electron chi connectivity index (χ1n) is 9.17. The molecule has 0 aliphatic rings. The van der Waals surface area contributed by atoms with Crippen LogP contribution in [0.2, 0.25) is 0 Å². The summed E-state index contributed by atoms with van der Waals surface area (Å²) in [4.78, 5) is 21.4. The Kier molecular flexibility index (Phi) is 6.01. The molecule has 0 aliphatic heterocycles. The van der Waals surface area contributed by atoms with Crippen LogP contribution in [0.4, 0.5) is 13.2 Å². The van der Waals surface area contributed by atoms with Gasteiger partial charge in [0.15, 0.2) is 5.82 Å². The highest BCUT2D eigenvalue weighted by Crippen LogP contribution is 2.34. The molecule has 0 unspecified atom stereocenters. The van der Waals surface area contributed by atoms with Gasteiger partial charge in [-0.25, -0.2) is 9.97 Å². The van der Waals surface area contributed by atoms with Gasteiger partial charge in [0, 0.05) is 5.56 Å². The Hall–Kier alpha value is -3.77. The maximum atomic E-state index is 13.4. The number of benzene rings is 1. The van der Waals surface area contributed by atoms with Crippen LogP contribution < -0.4 is 5.32 Å². The number of hydrogen-bond donors (Lipinski definition) is 1. The molecule has 0 radical (unpaired) electrons. The molecule has 12 heteroatoms. The number of alkyl halides is 3. The Morgan fingerprint density at radius 3 is 2.47 bits per heavy atom. The van der Waals surface area contributed by atoms with E-state index in [9.17, 15) is 23.2 Å². The zero-order valence-electron chi connectivity index (χ0n) is 17.1. The Morgan fingerprint density at radius 2 is 1.88 bits per heavy atom. The van der Waals surface area contributed by atoms with E-state index in [0.29, 0.717) is 10.0 Å². The first kappa shape index (κ1) is 22.9. The van der Waals surface area contributed by atoms with Gasteiger partial charge >= 0.3 is 6.18 Å². The second-order valence-corrected chi connectivity index (χ2v) is 8.39. The van der Waals surface area contributed by atoms with Gasteiger partial charge in [-0.15, -0.1) is 0 Å². The van der Waals surface area contributed by atoms with E-state index in [1.807, 2.05) is 12.1 Å². The Morgan fingerprint density at radius 1 is 1.19 bits per heavy atom. The molecule has 3 rings (SSSR count). The monoisotopic (exact) mass is 459 g/mol. The van der Waals surface area contributed by atoms with Crippen LogP contribution in [-0.4, -0.2) is 25.7 Å². The molecule has 2 aromatic heterocycles. The maximum absolute atomic E-state index is 13.4. The lowest BCUT2D eigenvalue weighted by atomic mass is 9.84. The van der Waals surface area contributed by atoms with Gasteiger partial charge in [-0.1, -0.05) is 11.3 Å². The number of rotatable bonds is 5. The van der Waals surface area contributed by atoms with E-state index in [1.54, 1.807) is 6.92 Å². The van der Waals surface area contributed by atoms with E-state index in [2.05, 4.69) is 20.4 Å². The minimum atomic E-state index is -4.69. The average Bonchev–Trinajstić information content (AvgIpc) is 3.41. The SMILES string of the molecule is C[C@H](NC(=O)c1cc(C(F)(F)F)cc(C(C)(C)C#N)c1)c1ncnn1-c1ncc(C#N)s1. The highest BCUT2D eigenvalue weighted by atomic mass is 32.1. The number of amides is 1.